The molecule has 6 nitrogen and oxygen atoms in total. The molecule has 3 rings (SSSR count). The van der Waals surface area contributed by atoms with E-state index in [1.54, 1.807) is 13.0 Å². The molecule has 0 aliphatic rings. The zero-order valence-corrected chi connectivity index (χ0v) is 15.7. The van der Waals surface area contributed by atoms with Crippen molar-refractivity contribution in [2.75, 3.05) is 18.2 Å². The highest BCUT2D eigenvalue weighted by molar-refractivity contribution is 7.98. The summed E-state index contributed by atoms with van der Waals surface area (Å²) >= 11 is 1.52. The molecule has 1 amide bonds. The fourth-order valence-corrected chi connectivity index (χ4v) is 3.10. The molecule has 0 aliphatic carbocycles. The van der Waals surface area contributed by atoms with Crippen molar-refractivity contribution in [3.05, 3.63) is 65.9 Å². The fraction of sp³-hybridized carbons (Fsp3) is 0.150. The summed E-state index contributed by atoms with van der Waals surface area (Å²) in [4.78, 5) is 25.6. The van der Waals surface area contributed by atoms with Crippen LogP contribution in [0.2, 0.25) is 0 Å². The van der Waals surface area contributed by atoms with E-state index in [1.165, 1.54) is 11.8 Å². The molecule has 0 bridgehead atoms. The van der Waals surface area contributed by atoms with Crippen LogP contribution in [0.4, 0.5) is 5.69 Å². The van der Waals surface area contributed by atoms with Crippen LogP contribution in [0.3, 0.4) is 0 Å². The minimum absolute atomic E-state index is 0.221. The Bertz CT molecular complexity index is 954. The molecule has 0 atom stereocenters. The van der Waals surface area contributed by atoms with Crippen LogP contribution >= 0.6 is 11.8 Å². The van der Waals surface area contributed by atoms with Crippen molar-refractivity contribution in [1.82, 2.24) is 5.16 Å². The van der Waals surface area contributed by atoms with Gasteiger partial charge in [0, 0.05) is 10.5 Å². The van der Waals surface area contributed by atoms with Crippen LogP contribution in [0.5, 0.6) is 0 Å². The van der Waals surface area contributed by atoms with Gasteiger partial charge in [-0.25, -0.2) is 4.79 Å². The summed E-state index contributed by atoms with van der Waals surface area (Å²) in [5, 5.41) is 6.69. The summed E-state index contributed by atoms with van der Waals surface area (Å²) in [5.41, 5.74) is 2.03. The Balaban J connectivity index is 1.68. The first kappa shape index (κ1) is 18.7. The topological polar surface area (TPSA) is 81.4 Å². The van der Waals surface area contributed by atoms with Gasteiger partial charge in [0.15, 0.2) is 6.61 Å². The second kappa shape index (κ2) is 8.55. The number of rotatable bonds is 6. The maximum Gasteiger partial charge on any atom is 0.344 e. The van der Waals surface area contributed by atoms with Crippen molar-refractivity contribution in [1.29, 1.82) is 0 Å². The minimum Gasteiger partial charge on any atom is -0.452 e. The van der Waals surface area contributed by atoms with Crippen molar-refractivity contribution >= 4 is 29.3 Å². The van der Waals surface area contributed by atoms with Crippen LogP contribution in [0.25, 0.3) is 11.3 Å². The maximum atomic E-state index is 12.5. The van der Waals surface area contributed by atoms with Gasteiger partial charge < -0.3 is 14.6 Å². The number of carbonyl (C=O) groups is 2. The predicted octanol–water partition coefficient (Wildman–Crippen LogP) is 4.17. The molecule has 0 saturated carbocycles. The molecule has 1 N–H and O–H groups in total. The van der Waals surface area contributed by atoms with Crippen molar-refractivity contribution in [3.8, 4) is 11.3 Å². The normalized spacial score (nSPS) is 10.4. The molecule has 138 valence electrons. The van der Waals surface area contributed by atoms with Gasteiger partial charge in [0.25, 0.3) is 5.91 Å². The molecule has 0 aliphatic heterocycles. The zero-order chi connectivity index (χ0) is 19.2. The van der Waals surface area contributed by atoms with Gasteiger partial charge in [-0.05, 0) is 25.3 Å². The number of hydrogen-bond donors (Lipinski definition) is 1. The van der Waals surface area contributed by atoms with Gasteiger partial charge in [-0.15, -0.1) is 11.8 Å². The summed E-state index contributed by atoms with van der Waals surface area (Å²) in [6.07, 6.45) is 1.92. The van der Waals surface area contributed by atoms with Gasteiger partial charge in [0.05, 0.1) is 5.69 Å². The quantitative estimate of drug-likeness (QED) is 0.509. The first-order chi connectivity index (χ1) is 13.1. The van der Waals surface area contributed by atoms with E-state index in [4.69, 9.17) is 9.26 Å². The number of esters is 1. The molecule has 0 fully saturated rings. The third-order valence-corrected chi connectivity index (χ3v) is 4.63. The average Bonchev–Trinajstić information content (AvgIpc) is 3.09. The molecule has 1 aromatic heterocycles. The third kappa shape index (κ3) is 4.38. The lowest BCUT2D eigenvalue weighted by molar-refractivity contribution is -0.119. The van der Waals surface area contributed by atoms with Crippen LogP contribution in [0, 0.1) is 6.92 Å². The molecular weight excluding hydrogens is 364 g/mol. The van der Waals surface area contributed by atoms with E-state index in [-0.39, 0.29) is 5.56 Å². The Labute approximate surface area is 160 Å². The Morgan fingerprint density at radius 1 is 1.11 bits per heavy atom. The van der Waals surface area contributed by atoms with Gasteiger partial charge in [-0.3, -0.25) is 4.79 Å². The number of para-hydroxylation sites is 1. The number of nitrogens with one attached hydrogen (secondary N) is 1. The van der Waals surface area contributed by atoms with Crippen molar-refractivity contribution in [3.63, 3.8) is 0 Å². The third-order valence-electron chi connectivity index (χ3n) is 3.83. The molecule has 1 heterocycles. The van der Waals surface area contributed by atoms with E-state index in [0.717, 1.165) is 10.5 Å². The Morgan fingerprint density at radius 2 is 1.81 bits per heavy atom. The van der Waals surface area contributed by atoms with E-state index < -0.39 is 18.5 Å². The Morgan fingerprint density at radius 3 is 2.56 bits per heavy atom. The lowest BCUT2D eigenvalue weighted by atomic mass is 10.1. The van der Waals surface area contributed by atoms with Gasteiger partial charge in [0.1, 0.15) is 17.0 Å². The maximum absolute atomic E-state index is 12.5. The molecule has 0 saturated heterocycles. The molecule has 0 radical (unpaired) electrons. The summed E-state index contributed by atoms with van der Waals surface area (Å²) < 4.78 is 10.3. The molecule has 0 unspecified atom stereocenters. The van der Waals surface area contributed by atoms with Gasteiger partial charge in [-0.1, -0.05) is 47.6 Å². The van der Waals surface area contributed by atoms with Crippen molar-refractivity contribution in [2.24, 2.45) is 0 Å². The monoisotopic (exact) mass is 382 g/mol. The summed E-state index contributed by atoms with van der Waals surface area (Å²) in [5.74, 6) is -0.729. The summed E-state index contributed by atoms with van der Waals surface area (Å²) in [7, 11) is 0. The largest absolute Gasteiger partial charge is 0.452 e. The van der Waals surface area contributed by atoms with Crippen LogP contribution in [-0.4, -0.2) is 29.9 Å². The highest BCUT2D eigenvalue weighted by atomic mass is 32.2. The van der Waals surface area contributed by atoms with E-state index in [9.17, 15) is 9.59 Å². The highest BCUT2D eigenvalue weighted by Crippen LogP contribution is 2.26. The number of aromatic nitrogens is 1. The molecular formula is C20H18N2O4S. The highest BCUT2D eigenvalue weighted by Gasteiger charge is 2.23. The minimum atomic E-state index is -0.652. The van der Waals surface area contributed by atoms with E-state index in [2.05, 4.69) is 10.5 Å². The van der Waals surface area contributed by atoms with Gasteiger partial charge in [0.2, 0.25) is 0 Å². The van der Waals surface area contributed by atoms with E-state index >= 15 is 0 Å². The number of ether oxygens (including phenoxy) is 1. The number of amides is 1. The SMILES string of the molecule is CSc1ccccc1NC(=O)COC(=O)c1c(-c2ccccc2)noc1C. The smallest absolute Gasteiger partial charge is 0.344 e. The van der Waals surface area contributed by atoms with Crippen LogP contribution in [-0.2, 0) is 9.53 Å². The predicted molar refractivity (Wildman–Crippen MR) is 104 cm³/mol. The van der Waals surface area contributed by atoms with Crippen LogP contribution < -0.4 is 5.32 Å². The second-order valence-corrected chi connectivity index (χ2v) is 6.50. The van der Waals surface area contributed by atoms with Crippen LogP contribution in [0.15, 0.2) is 64.0 Å². The first-order valence-corrected chi connectivity index (χ1v) is 9.44. The summed E-state index contributed by atoms with van der Waals surface area (Å²) in [6, 6.07) is 16.6. The second-order valence-electron chi connectivity index (χ2n) is 5.65. The number of carbonyl (C=O) groups excluding carboxylic acids is 2. The zero-order valence-electron chi connectivity index (χ0n) is 14.9. The molecule has 0 spiro atoms. The number of aryl methyl sites for hydroxylation is 1. The molecule has 27 heavy (non-hydrogen) atoms. The number of thioether (sulfide) groups is 1. The standard InChI is InChI=1S/C20H18N2O4S/c1-13-18(19(22-26-13)14-8-4-3-5-9-14)20(24)25-12-17(23)21-15-10-6-7-11-16(15)27-2/h3-11H,12H2,1-2H3,(H,21,23). The molecule has 7 heteroatoms. The van der Waals surface area contributed by atoms with Gasteiger partial charge in [-0.2, -0.15) is 0 Å². The molecule has 2 aromatic carbocycles. The summed E-state index contributed by atoms with van der Waals surface area (Å²) in [6.45, 7) is 1.23. The number of benzene rings is 2. The number of anilines is 1. The van der Waals surface area contributed by atoms with E-state index in [1.807, 2.05) is 54.8 Å². The molecule has 3 aromatic rings. The lowest BCUT2D eigenvalue weighted by Gasteiger charge is -2.09. The van der Waals surface area contributed by atoms with Crippen molar-refractivity contribution < 1.29 is 18.8 Å². The lowest BCUT2D eigenvalue weighted by Crippen LogP contribution is -2.21. The Hall–Kier alpha value is -3.06. The first-order valence-electron chi connectivity index (χ1n) is 8.22. The Kier molecular flexibility index (Phi) is 5.93. The van der Waals surface area contributed by atoms with Crippen LogP contribution in [0.1, 0.15) is 16.1 Å². The average molecular weight is 382 g/mol. The van der Waals surface area contributed by atoms with E-state index in [0.29, 0.717) is 17.1 Å². The van der Waals surface area contributed by atoms with Crippen molar-refractivity contribution in [2.45, 2.75) is 11.8 Å². The van der Waals surface area contributed by atoms with Gasteiger partial charge >= 0.3 is 5.97 Å². The number of hydrogen-bond acceptors (Lipinski definition) is 6. The number of nitrogens with zero attached hydrogens (tertiary/aromatic N) is 1. The fourth-order valence-electron chi connectivity index (χ4n) is 2.54.